The number of unbranched alkanes of at least 4 members (excludes halogenated alkanes) is 1. The Bertz CT molecular complexity index is 582. The number of hydrogen-bond acceptors (Lipinski definition) is 4. The Labute approximate surface area is 149 Å². The summed E-state index contributed by atoms with van der Waals surface area (Å²) in [4.78, 5) is 35.2. The number of carbonyl (C=O) groups excluding carboxylic acids is 3. The molecule has 25 heavy (non-hydrogen) atoms. The fourth-order valence-corrected chi connectivity index (χ4v) is 2.18. The van der Waals surface area contributed by atoms with Crippen LogP contribution in [0.25, 0.3) is 0 Å². The first-order valence-corrected chi connectivity index (χ1v) is 8.70. The van der Waals surface area contributed by atoms with Crippen molar-refractivity contribution >= 4 is 17.9 Å². The fourth-order valence-electron chi connectivity index (χ4n) is 2.18. The summed E-state index contributed by atoms with van der Waals surface area (Å²) in [6, 6.07) is 7.10. The van der Waals surface area contributed by atoms with Gasteiger partial charge in [-0.1, -0.05) is 37.6 Å². The van der Waals surface area contributed by atoms with Gasteiger partial charge in [0.1, 0.15) is 0 Å². The maximum absolute atomic E-state index is 11.9. The summed E-state index contributed by atoms with van der Waals surface area (Å²) in [5, 5.41) is 4.67. The zero-order valence-electron chi connectivity index (χ0n) is 15.4. The Hall–Kier alpha value is -2.37. The molecule has 1 rings (SSSR count). The van der Waals surface area contributed by atoms with Gasteiger partial charge < -0.3 is 10.1 Å². The standard InChI is InChI=1S/C19H28N2O4/c1-5-6-7-15-8-10-16(11-9-15)12-17(22)25-14(4)18(23)21-19(24)20-13(2)3/h8-11,13-14H,5-7,12H2,1-4H3,(H2,20,21,23,24)/t14-/m0/s1. The number of nitrogens with one attached hydrogen (secondary N) is 2. The van der Waals surface area contributed by atoms with Crippen molar-refractivity contribution in [2.45, 2.75) is 65.5 Å². The predicted molar refractivity (Wildman–Crippen MR) is 96.1 cm³/mol. The summed E-state index contributed by atoms with van der Waals surface area (Å²) in [6.07, 6.45) is 2.36. The maximum Gasteiger partial charge on any atom is 0.321 e. The molecule has 0 bridgehead atoms. The number of benzene rings is 1. The third kappa shape index (κ3) is 8.33. The van der Waals surface area contributed by atoms with Gasteiger partial charge in [0.2, 0.25) is 0 Å². The van der Waals surface area contributed by atoms with Crippen LogP contribution in [0.4, 0.5) is 4.79 Å². The van der Waals surface area contributed by atoms with E-state index in [1.54, 1.807) is 13.8 Å². The minimum Gasteiger partial charge on any atom is -0.452 e. The van der Waals surface area contributed by atoms with E-state index < -0.39 is 24.0 Å². The van der Waals surface area contributed by atoms with Crippen LogP contribution in [0.2, 0.25) is 0 Å². The molecule has 1 atom stereocenters. The van der Waals surface area contributed by atoms with E-state index in [4.69, 9.17) is 4.74 Å². The van der Waals surface area contributed by atoms with Crippen molar-refractivity contribution in [2.24, 2.45) is 0 Å². The van der Waals surface area contributed by atoms with Gasteiger partial charge in [0.25, 0.3) is 5.91 Å². The normalized spacial score (nSPS) is 11.7. The van der Waals surface area contributed by atoms with Gasteiger partial charge in [0.05, 0.1) is 6.42 Å². The van der Waals surface area contributed by atoms with E-state index in [0.29, 0.717) is 0 Å². The van der Waals surface area contributed by atoms with Gasteiger partial charge in [-0.2, -0.15) is 0 Å². The van der Waals surface area contributed by atoms with E-state index in [2.05, 4.69) is 17.6 Å². The van der Waals surface area contributed by atoms with Crippen LogP contribution in [0.15, 0.2) is 24.3 Å². The number of esters is 1. The smallest absolute Gasteiger partial charge is 0.321 e. The van der Waals surface area contributed by atoms with Crippen LogP contribution in [-0.2, 0) is 27.2 Å². The zero-order valence-corrected chi connectivity index (χ0v) is 15.4. The summed E-state index contributed by atoms with van der Waals surface area (Å²) in [7, 11) is 0. The van der Waals surface area contributed by atoms with Crippen molar-refractivity contribution < 1.29 is 19.1 Å². The highest BCUT2D eigenvalue weighted by Crippen LogP contribution is 2.09. The summed E-state index contributed by atoms with van der Waals surface area (Å²) < 4.78 is 5.09. The first kappa shape index (κ1) is 20.7. The summed E-state index contributed by atoms with van der Waals surface area (Å²) in [6.45, 7) is 7.14. The maximum atomic E-state index is 11.9. The van der Waals surface area contributed by atoms with Crippen LogP contribution in [0.5, 0.6) is 0 Å². The Morgan fingerprint density at radius 2 is 1.64 bits per heavy atom. The molecule has 2 N–H and O–H groups in total. The molecule has 0 saturated heterocycles. The highest BCUT2D eigenvalue weighted by atomic mass is 16.5. The summed E-state index contributed by atoms with van der Waals surface area (Å²) >= 11 is 0. The predicted octanol–water partition coefficient (Wildman–Crippen LogP) is 2.74. The van der Waals surface area contributed by atoms with Gasteiger partial charge >= 0.3 is 12.0 Å². The SMILES string of the molecule is CCCCc1ccc(CC(=O)O[C@@H](C)C(=O)NC(=O)NC(C)C)cc1. The second-order valence-corrected chi connectivity index (χ2v) is 6.35. The first-order valence-electron chi connectivity index (χ1n) is 8.70. The highest BCUT2D eigenvalue weighted by Gasteiger charge is 2.20. The van der Waals surface area contributed by atoms with Crippen molar-refractivity contribution in [1.82, 2.24) is 10.6 Å². The van der Waals surface area contributed by atoms with Gasteiger partial charge in [-0.15, -0.1) is 0 Å². The second-order valence-electron chi connectivity index (χ2n) is 6.35. The van der Waals surface area contributed by atoms with E-state index in [-0.39, 0.29) is 12.5 Å². The van der Waals surface area contributed by atoms with E-state index in [1.165, 1.54) is 12.5 Å². The van der Waals surface area contributed by atoms with Crippen molar-refractivity contribution in [3.63, 3.8) is 0 Å². The van der Waals surface area contributed by atoms with Crippen LogP contribution >= 0.6 is 0 Å². The minimum atomic E-state index is -1.03. The Morgan fingerprint density at radius 3 is 2.20 bits per heavy atom. The third-order valence-electron chi connectivity index (χ3n) is 3.52. The van der Waals surface area contributed by atoms with Crippen LogP contribution < -0.4 is 10.6 Å². The van der Waals surface area contributed by atoms with Gasteiger partial charge in [0.15, 0.2) is 6.10 Å². The molecule has 1 aromatic rings. The second kappa shape index (κ2) is 10.5. The lowest BCUT2D eigenvalue weighted by Gasteiger charge is -2.14. The van der Waals surface area contributed by atoms with Crippen LogP contribution in [0.1, 0.15) is 51.7 Å². The number of amides is 3. The van der Waals surface area contributed by atoms with E-state index in [9.17, 15) is 14.4 Å². The molecule has 0 radical (unpaired) electrons. The molecule has 0 aliphatic heterocycles. The molecule has 0 aromatic heterocycles. The molecule has 0 saturated carbocycles. The van der Waals surface area contributed by atoms with Crippen molar-refractivity contribution in [2.75, 3.05) is 0 Å². The van der Waals surface area contributed by atoms with E-state index in [0.717, 1.165) is 24.8 Å². The van der Waals surface area contributed by atoms with Crippen LogP contribution in [0, 0.1) is 0 Å². The molecule has 138 valence electrons. The first-order chi connectivity index (χ1) is 11.8. The highest BCUT2D eigenvalue weighted by molar-refractivity contribution is 5.97. The molecule has 0 heterocycles. The number of aryl methyl sites for hydroxylation is 1. The Balaban J connectivity index is 2.44. The molecule has 0 aliphatic carbocycles. The summed E-state index contributed by atoms with van der Waals surface area (Å²) in [5.41, 5.74) is 2.07. The topological polar surface area (TPSA) is 84.5 Å². The van der Waals surface area contributed by atoms with Gasteiger partial charge in [0, 0.05) is 6.04 Å². The molecular formula is C19H28N2O4. The molecular weight excluding hydrogens is 320 g/mol. The fraction of sp³-hybridized carbons (Fsp3) is 0.526. The quantitative estimate of drug-likeness (QED) is 0.708. The average molecular weight is 348 g/mol. The number of ether oxygens (including phenoxy) is 1. The molecule has 0 aliphatic rings. The molecule has 1 aromatic carbocycles. The molecule has 0 unspecified atom stereocenters. The van der Waals surface area contributed by atoms with Gasteiger partial charge in [-0.3, -0.25) is 14.9 Å². The lowest BCUT2D eigenvalue weighted by Crippen LogP contribution is -2.46. The third-order valence-corrected chi connectivity index (χ3v) is 3.52. The summed E-state index contributed by atoms with van der Waals surface area (Å²) in [5.74, 6) is -1.16. The largest absolute Gasteiger partial charge is 0.452 e. The monoisotopic (exact) mass is 348 g/mol. The number of urea groups is 1. The van der Waals surface area contributed by atoms with Gasteiger partial charge in [-0.25, -0.2) is 4.79 Å². The van der Waals surface area contributed by atoms with E-state index >= 15 is 0 Å². The zero-order chi connectivity index (χ0) is 18.8. The lowest BCUT2D eigenvalue weighted by atomic mass is 10.1. The number of hydrogen-bond donors (Lipinski definition) is 2. The van der Waals surface area contributed by atoms with Crippen molar-refractivity contribution in [3.05, 3.63) is 35.4 Å². The van der Waals surface area contributed by atoms with E-state index in [1.807, 2.05) is 24.3 Å². The number of rotatable bonds is 8. The Morgan fingerprint density at radius 1 is 1.04 bits per heavy atom. The van der Waals surface area contributed by atoms with Crippen LogP contribution in [-0.4, -0.2) is 30.1 Å². The molecule has 0 fully saturated rings. The molecule has 3 amide bonds. The van der Waals surface area contributed by atoms with Gasteiger partial charge in [-0.05, 0) is 44.7 Å². The number of carbonyl (C=O) groups is 3. The molecule has 0 spiro atoms. The Kier molecular flexibility index (Phi) is 8.67. The van der Waals surface area contributed by atoms with Crippen molar-refractivity contribution in [3.8, 4) is 0 Å². The number of imide groups is 1. The lowest BCUT2D eigenvalue weighted by molar-refractivity contribution is -0.153. The molecule has 6 nitrogen and oxygen atoms in total. The van der Waals surface area contributed by atoms with Crippen LogP contribution in [0.3, 0.4) is 0 Å². The van der Waals surface area contributed by atoms with Crippen molar-refractivity contribution in [1.29, 1.82) is 0 Å². The molecule has 6 heteroatoms. The average Bonchev–Trinajstić information content (AvgIpc) is 2.53. The minimum absolute atomic E-state index is 0.0872.